The number of carbonyl (C=O) groups excluding carboxylic acids is 1. The molecule has 0 atom stereocenters. The molecular formula is C19H16N2O6S. The van der Waals surface area contributed by atoms with Crippen LogP contribution in [0.3, 0.4) is 0 Å². The number of benzene rings is 1. The fraction of sp³-hybridized carbons (Fsp3) is 0.211. The van der Waals surface area contributed by atoms with Gasteiger partial charge >= 0.3 is 5.97 Å². The van der Waals surface area contributed by atoms with E-state index in [1.165, 1.54) is 23.9 Å². The number of carbonyl (C=O) groups is 2. The summed E-state index contributed by atoms with van der Waals surface area (Å²) in [6.07, 6.45) is 1.62. The summed E-state index contributed by atoms with van der Waals surface area (Å²) in [5, 5.41) is 19.5. The van der Waals surface area contributed by atoms with Crippen molar-refractivity contribution < 1.29 is 29.0 Å². The van der Waals surface area contributed by atoms with Crippen molar-refractivity contribution in [1.29, 1.82) is 0 Å². The van der Waals surface area contributed by atoms with Crippen LogP contribution in [0, 0.1) is 0 Å². The molecule has 0 bridgehead atoms. The Labute approximate surface area is 164 Å². The van der Waals surface area contributed by atoms with Gasteiger partial charge in [-0.15, -0.1) is 0 Å². The highest BCUT2D eigenvalue weighted by Crippen LogP contribution is 2.33. The van der Waals surface area contributed by atoms with Crippen molar-refractivity contribution in [3.8, 4) is 17.1 Å². The summed E-state index contributed by atoms with van der Waals surface area (Å²) in [6.45, 7) is 2.63. The minimum atomic E-state index is -1.21. The van der Waals surface area contributed by atoms with Gasteiger partial charge in [0.1, 0.15) is 22.8 Å². The van der Waals surface area contributed by atoms with Gasteiger partial charge in [-0.25, -0.2) is 4.79 Å². The lowest BCUT2D eigenvalue weighted by molar-refractivity contribution is -0.113. The zero-order valence-electron chi connectivity index (χ0n) is 14.6. The van der Waals surface area contributed by atoms with Crippen molar-refractivity contribution in [1.82, 2.24) is 4.90 Å². The SMILES string of the molecule is O=C1N=C(N2CCOCC2)S/C1=C\c1ccc(-c2ccc(C(=O)O)c(O)c2)o1. The van der Waals surface area contributed by atoms with Gasteiger partial charge in [-0.05, 0) is 36.0 Å². The molecule has 0 saturated carbocycles. The monoisotopic (exact) mass is 400 g/mol. The third-order valence-electron chi connectivity index (χ3n) is 4.30. The summed E-state index contributed by atoms with van der Waals surface area (Å²) < 4.78 is 11.0. The molecular weight excluding hydrogens is 384 g/mol. The molecule has 144 valence electrons. The van der Waals surface area contributed by atoms with Crippen LogP contribution in [-0.4, -0.2) is 58.5 Å². The van der Waals surface area contributed by atoms with Crippen molar-refractivity contribution in [2.24, 2.45) is 4.99 Å². The van der Waals surface area contributed by atoms with Crippen molar-refractivity contribution in [3.63, 3.8) is 0 Å². The van der Waals surface area contributed by atoms with E-state index in [4.69, 9.17) is 14.3 Å². The molecule has 4 rings (SSSR count). The molecule has 9 heteroatoms. The molecule has 1 amide bonds. The number of nitrogens with zero attached hydrogens (tertiary/aromatic N) is 2. The minimum absolute atomic E-state index is 0.182. The molecule has 1 fully saturated rings. The molecule has 1 aromatic heterocycles. The highest BCUT2D eigenvalue weighted by molar-refractivity contribution is 8.18. The van der Waals surface area contributed by atoms with Crippen LogP contribution in [0.2, 0.25) is 0 Å². The Kier molecular flexibility index (Phi) is 4.93. The third-order valence-corrected chi connectivity index (χ3v) is 5.35. The number of aliphatic imine (C=N–C) groups is 1. The lowest BCUT2D eigenvalue weighted by Gasteiger charge is -2.27. The van der Waals surface area contributed by atoms with Crippen LogP contribution in [-0.2, 0) is 9.53 Å². The number of carboxylic acids is 1. The summed E-state index contributed by atoms with van der Waals surface area (Å²) in [7, 11) is 0. The first-order valence-electron chi connectivity index (χ1n) is 8.53. The molecule has 2 aliphatic heterocycles. The van der Waals surface area contributed by atoms with Gasteiger partial charge in [-0.2, -0.15) is 4.99 Å². The number of amides is 1. The van der Waals surface area contributed by atoms with Crippen LogP contribution in [0.1, 0.15) is 16.1 Å². The van der Waals surface area contributed by atoms with Gasteiger partial charge < -0.3 is 24.3 Å². The van der Waals surface area contributed by atoms with Gasteiger partial charge in [-0.3, -0.25) is 4.79 Å². The van der Waals surface area contributed by atoms with E-state index in [0.717, 1.165) is 0 Å². The maximum absolute atomic E-state index is 12.2. The number of thioether (sulfide) groups is 1. The second-order valence-corrected chi connectivity index (χ2v) is 7.16. The van der Waals surface area contributed by atoms with Crippen molar-refractivity contribution in [3.05, 3.63) is 46.6 Å². The number of hydrogen-bond acceptors (Lipinski definition) is 7. The van der Waals surface area contributed by atoms with Gasteiger partial charge in [0.15, 0.2) is 5.17 Å². The smallest absolute Gasteiger partial charge is 0.339 e. The zero-order valence-corrected chi connectivity index (χ0v) is 15.4. The molecule has 2 aromatic rings. The number of aromatic carboxylic acids is 1. The van der Waals surface area contributed by atoms with Crippen LogP contribution in [0.25, 0.3) is 17.4 Å². The normalized spacial score (nSPS) is 18.6. The van der Waals surface area contributed by atoms with Gasteiger partial charge in [0.05, 0.1) is 18.1 Å². The predicted octanol–water partition coefficient (Wildman–Crippen LogP) is 2.65. The molecule has 0 aliphatic carbocycles. The molecule has 3 heterocycles. The number of morpholine rings is 1. The number of aromatic hydroxyl groups is 1. The first-order valence-corrected chi connectivity index (χ1v) is 9.35. The number of amidine groups is 1. The molecule has 2 aliphatic rings. The van der Waals surface area contributed by atoms with Gasteiger partial charge in [0, 0.05) is 24.7 Å². The number of furan rings is 1. The van der Waals surface area contributed by atoms with E-state index in [1.807, 2.05) is 4.90 Å². The Morgan fingerprint density at radius 2 is 2.00 bits per heavy atom. The van der Waals surface area contributed by atoms with Crippen LogP contribution in [0.4, 0.5) is 0 Å². The van der Waals surface area contributed by atoms with Gasteiger partial charge in [0.25, 0.3) is 5.91 Å². The molecule has 1 aromatic carbocycles. The Morgan fingerprint density at radius 1 is 1.21 bits per heavy atom. The van der Waals surface area contributed by atoms with E-state index < -0.39 is 5.97 Å². The molecule has 0 spiro atoms. The summed E-state index contributed by atoms with van der Waals surface area (Å²) in [4.78, 5) is 29.8. The van der Waals surface area contributed by atoms with Crippen LogP contribution in [0.5, 0.6) is 5.75 Å². The maximum Gasteiger partial charge on any atom is 0.339 e. The molecule has 1 saturated heterocycles. The van der Waals surface area contributed by atoms with Crippen LogP contribution < -0.4 is 0 Å². The lowest BCUT2D eigenvalue weighted by Crippen LogP contribution is -2.38. The van der Waals surface area contributed by atoms with E-state index in [1.54, 1.807) is 24.3 Å². The molecule has 0 unspecified atom stereocenters. The Morgan fingerprint density at radius 3 is 2.71 bits per heavy atom. The van der Waals surface area contributed by atoms with Crippen molar-refractivity contribution in [2.75, 3.05) is 26.3 Å². The summed E-state index contributed by atoms with van der Waals surface area (Å²) in [6, 6.07) is 7.58. The highest BCUT2D eigenvalue weighted by atomic mass is 32.2. The van der Waals surface area contributed by atoms with E-state index in [2.05, 4.69) is 4.99 Å². The summed E-state index contributed by atoms with van der Waals surface area (Å²) >= 11 is 1.30. The standard InChI is InChI=1S/C19H16N2O6S/c22-14-9-11(1-3-13(14)18(24)25)15-4-2-12(27-15)10-16-17(23)20-19(28-16)21-5-7-26-8-6-21/h1-4,9-10,22H,5-8H2,(H,24,25)/b16-10-. The molecule has 28 heavy (non-hydrogen) atoms. The second-order valence-electron chi connectivity index (χ2n) is 6.15. The Hall–Kier alpha value is -3.04. The van der Waals surface area contributed by atoms with Gasteiger partial charge in [0.2, 0.25) is 0 Å². The molecule has 8 nitrogen and oxygen atoms in total. The van der Waals surface area contributed by atoms with E-state index in [9.17, 15) is 14.7 Å². The molecule has 2 N–H and O–H groups in total. The first kappa shape index (κ1) is 18.3. The fourth-order valence-corrected chi connectivity index (χ4v) is 3.81. The summed E-state index contributed by atoms with van der Waals surface area (Å²) in [5.41, 5.74) is 0.348. The third kappa shape index (κ3) is 3.67. The average molecular weight is 400 g/mol. The zero-order chi connectivity index (χ0) is 19.7. The number of phenols is 1. The number of ether oxygens (including phenoxy) is 1. The van der Waals surface area contributed by atoms with Crippen LogP contribution >= 0.6 is 11.8 Å². The average Bonchev–Trinajstić information content (AvgIpc) is 3.29. The van der Waals surface area contributed by atoms with Crippen molar-refractivity contribution in [2.45, 2.75) is 0 Å². The van der Waals surface area contributed by atoms with Crippen molar-refractivity contribution >= 4 is 34.9 Å². The Bertz CT molecular complexity index is 1000. The maximum atomic E-state index is 12.2. The van der Waals surface area contributed by atoms with E-state index in [-0.39, 0.29) is 17.2 Å². The Balaban J connectivity index is 1.51. The quantitative estimate of drug-likeness (QED) is 0.756. The van der Waals surface area contributed by atoms with Crippen LogP contribution in [0.15, 0.2) is 44.6 Å². The largest absolute Gasteiger partial charge is 0.507 e. The second kappa shape index (κ2) is 7.53. The number of carboxylic acid groups (broad SMARTS) is 1. The summed E-state index contributed by atoms with van der Waals surface area (Å²) in [5.74, 6) is -0.948. The topological polar surface area (TPSA) is 113 Å². The number of hydrogen-bond donors (Lipinski definition) is 2. The number of rotatable bonds is 3. The lowest BCUT2D eigenvalue weighted by atomic mass is 10.1. The first-order chi connectivity index (χ1) is 13.5. The molecule has 0 radical (unpaired) electrons. The van der Waals surface area contributed by atoms with Gasteiger partial charge in [-0.1, -0.05) is 6.07 Å². The highest BCUT2D eigenvalue weighted by Gasteiger charge is 2.27. The van der Waals surface area contributed by atoms with E-state index >= 15 is 0 Å². The predicted molar refractivity (Wildman–Crippen MR) is 103 cm³/mol. The fourth-order valence-electron chi connectivity index (χ4n) is 2.87. The minimum Gasteiger partial charge on any atom is -0.507 e. The van der Waals surface area contributed by atoms with E-state index in [0.29, 0.717) is 53.5 Å².